The molecule has 1 aliphatic heterocycles. The van der Waals surface area contributed by atoms with Crippen LogP contribution in [-0.4, -0.2) is 38.0 Å². The zero-order valence-electron chi connectivity index (χ0n) is 21.8. The van der Waals surface area contributed by atoms with Gasteiger partial charge in [0, 0.05) is 0 Å². The minimum atomic E-state index is -0.741. The Bertz CT molecular complexity index is 1550. The average molecular weight is 523 g/mol. The van der Waals surface area contributed by atoms with Gasteiger partial charge in [0.25, 0.3) is 5.56 Å². The zero-order valence-corrected chi connectivity index (χ0v) is 22.6. The maximum Gasteiger partial charge on any atom is 0.338 e. The van der Waals surface area contributed by atoms with Crippen molar-refractivity contribution in [3.05, 3.63) is 84.0 Å². The molecule has 8 nitrogen and oxygen atoms in total. The molecule has 0 radical (unpaired) electrons. The standard InChI is InChI=1S/C28H30N2O6S/c1-7-35-22-15-19(11-12-20(22)33-5)25-24(27(32)36-8-2)17(4)29-28-30(25)26(31)23(37-28)14-18-10-9-16(3)21(13-18)34-6/h9-15,25H,7-8H2,1-6H3/b23-14+. The topological polar surface area (TPSA) is 88.4 Å². The number of methoxy groups -OCH3 is 2. The number of nitrogens with zero attached hydrogens (tertiary/aromatic N) is 2. The zero-order chi connectivity index (χ0) is 26.7. The molecule has 0 saturated heterocycles. The summed E-state index contributed by atoms with van der Waals surface area (Å²) in [4.78, 5) is 32.1. The third kappa shape index (κ3) is 5.04. The molecule has 2 aromatic carbocycles. The molecule has 9 heteroatoms. The van der Waals surface area contributed by atoms with Crippen LogP contribution in [0.5, 0.6) is 17.2 Å². The first-order chi connectivity index (χ1) is 17.8. The quantitative estimate of drug-likeness (QED) is 0.421. The van der Waals surface area contributed by atoms with E-state index in [4.69, 9.17) is 18.9 Å². The van der Waals surface area contributed by atoms with Gasteiger partial charge in [-0.1, -0.05) is 29.5 Å². The number of hydrogen-bond acceptors (Lipinski definition) is 8. The van der Waals surface area contributed by atoms with Crippen molar-refractivity contribution in [2.24, 2.45) is 4.99 Å². The predicted molar refractivity (Wildman–Crippen MR) is 142 cm³/mol. The van der Waals surface area contributed by atoms with Gasteiger partial charge in [0.05, 0.1) is 49.3 Å². The van der Waals surface area contributed by atoms with Crippen molar-refractivity contribution in [1.82, 2.24) is 4.57 Å². The predicted octanol–water partition coefficient (Wildman–Crippen LogP) is 3.52. The molecule has 0 fully saturated rings. The van der Waals surface area contributed by atoms with Crippen LogP contribution in [0.3, 0.4) is 0 Å². The number of fused-ring (bicyclic) bond motifs is 1. The van der Waals surface area contributed by atoms with Crippen LogP contribution in [0.15, 0.2) is 57.5 Å². The van der Waals surface area contributed by atoms with Crippen LogP contribution in [0.2, 0.25) is 0 Å². The van der Waals surface area contributed by atoms with E-state index in [1.807, 2.05) is 44.2 Å². The van der Waals surface area contributed by atoms with Gasteiger partial charge in [0.2, 0.25) is 0 Å². The second kappa shape index (κ2) is 11.0. The lowest BCUT2D eigenvalue weighted by Crippen LogP contribution is -2.40. The lowest BCUT2D eigenvalue weighted by molar-refractivity contribution is -0.139. The molecule has 0 spiro atoms. The van der Waals surface area contributed by atoms with Crippen LogP contribution in [0, 0.1) is 6.92 Å². The van der Waals surface area contributed by atoms with Crippen LogP contribution in [-0.2, 0) is 9.53 Å². The highest BCUT2D eigenvalue weighted by Gasteiger charge is 2.34. The Labute approximate surface area is 219 Å². The molecule has 37 heavy (non-hydrogen) atoms. The summed E-state index contributed by atoms with van der Waals surface area (Å²) in [7, 11) is 3.18. The van der Waals surface area contributed by atoms with Crippen LogP contribution >= 0.6 is 11.3 Å². The molecule has 1 atom stereocenters. The van der Waals surface area contributed by atoms with E-state index in [9.17, 15) is 9.59 Å². The molecule has 3 aromatic rings. The third-order valence-electron chi connectivity index (χ3n) is 6.05. The highest BCUT2D eigenvalue weighted by molar-refractivity contribution is 7.07. The van der Waals surface area contributed by atoms with Gasteiger partial charge in [-0.3, -0.25) is 9.36 Å². The number of ether oxygens (including phenoxy) is 4. The number of aromatic nitrogens is 1. The minimum absolute atomic E-state index is 0.203. The van der Waals surface area contributed by atoms with E-state index >= 15 is 0 Å². The highest BCUT2D eigenvalue weighted by Crippen LogP contribution is 2.36. The second-order valence-corrected chi connectivity index (χ2v) is 9.38. The van der Waals surface area contributed by atoms with Crippen molar-refractivity contribution in [3.8, 4) is 17.2 Å². The Kier molecular flexibility index (Phi) is 7.83. The van der Waals surface area contributed by atoms with E-state index in [-0.39, 0.29) is 12.2 Å². The summed E-state index contributed by atoms with van der Waals surface area (Å²) >= 11 is 1.27. The fraction of sp³-hybridized carbons (Fsp3) is 0.321. The molecule has 0 N–H and O–H groups in total. The molecule has 0 amide bonds. The molecule has 194 valence electrons. The van der Waals surface area contributed by atoms with E-state index in [1.54, 1.807) is 44.8 Å². The first-order valence-electron chi connectivity index (χ1n) is 12.0. The number of allylic oxidation sites excluding steroid dienone is 1. The molecule has 0 saturated carbocycles. The van der Waals surface area contributed by atoms with Crippen molar-refractivity contribution < 1.29 is 23.7 Å². The van der Waals surface area contributed by atoms with Crippen molar-refractivity contribution >= 4 is 23.4 Å². The van der Waals surface area contributed by atoms with Crippen molar-refractivity contribution in [3.63, 3.8) is 0 Å². The van der Waals surface area contributed by atoms with E-state index in [0.29, 0.717) is 44.3 Å². The van der Waals surface area contributed by atoms with Gasteiger partial charge in [-0.05, 0) is 68.7 Å². The maximum atomic E-state index is 13.8. The summed E-state index contributed by atoms with van der Waals surface area (Å²) in [5.41, 5.74) is 3.07. The molecule has 1 aliphatic rings. The summed E-state index contributed by atoms with van der Waals surface area (Å²) in [6, 6.07) is 10.4. The number of thiazole rings is 1. The van der Waals surface area contributed by atoms with E-state index < -0.39 is 12.0 Å². The van der Waals surface area contributed by atoms with Crippen molar-refractivity contribution in [2.75, 3.05) is 27.4 Å². The Morgan fingerprint density at radius 3 is 2.46 bits per heavy atom. The van der Waals surface area contributed by atoms with E-state index in [1.165, 1.54) is 11.3 Å². The van der Waals surface area contributed by atoms with Gasteiger partial charge >= 0.3 is 5.97 Å². The van der Waals surface area contributed by atoms with E-state index in [0.717, 1.165) is 16.9 Å². The molecule has 0 aliphatic carbocycles. The monoisotopic (exact) mass is 522 g/mol. The largest absolute Gasteiger partial charge is 0.496 e. The highest BCUT2D eigenvalue weighted by atomic mass is 32.1. The molecule has 4 rings (SSSR count). The van der Waals surface area contributed by atoms with Crippen molar-refractivity contribution in [2.45, 2.75) is 33.7 Å². The maximum absolute atomic E-state index is 13.8. The summed E-state index contributed by atoms with van der Waals surface area (Å²) < 4.78 is 24.1. The SMILES string of the molecule is CCOC(=O)C1=C(C)N=c2s/c(=C/c3ccc(C)c(OC)c3)c(=O)n2C1c1ccc(OC)c(OCC)c1. The second-order valence-electron chi connectivity index (χ2n) is 8.37. The molecule has 2 heterocycles. The number of carbonyl (C=O) groups excluding carboxylic acids is 1. The summed E-state index contributed by atoms with van der Waals surface area (Å²) in [6.07, 6.45) is 1.81. The van der Waals surface area contributed by atoms with E-state index in [2.05, 4.69) is 4.99 Å². The van der Waals surface area contributed by atoms with Gasteiger partial charge < -0.3 is 18.9 Å². The fourth-order valence-corrected chi connectivity index (χ4v) is 5.36. The van der Waals surface area contributed by atoms with Crippen LogP contribution < -0.4 is 29.1 Å². The molecule has 1 unspecified atom stereocenters. The lowest BCUT2D eigenvalue weighted by Gasteiger charge is -2.25. The normalized spacial score (nSPS) is 15.2. The molecule has 0 bridgehead atoms. The van der Waals surface area contributed by atoms with Gasteiger partial charge in [0.15, 0.2) is 16.3 Å². The Morgan fingerprint density at radius 1 is 1.03 bits per heavy atom. The van der Waals surface area contributed by atoms with Crippen molar-refractivity contribution in [1.29, 1.82) is 0 Å². The van der Waals surface area contributed by atoms with Gasteiger partial charge in [-0.2, -0.15) is 0 Å². The summed E-state index contributed by atoms with van der Waals surface area (Å²) in [6.45, 7) is 7.98. The fourth-order valence-electron chi connectivity index (χ4n) is 4.32. The molecular formula is C28H30N2O6S. The Hall–Kier alpha value is -3.85. The van der Waals surface area contributed by atoms with Gasteiger partial charge in [-0.25, -0.2) is 9.79 Å². The molecule has 1 aromatic heterocycles. The van der Waals surface area contributed by atoms with Crippen LogP contribution in [0.25, 0.3) is 6.08 Å². The number of esters is 1. The van der Waals surface area contributed by atoms with Crippen LogP contribution in [0.1, 0.15) is 43.5 Å². The van der Waals surface area contributed by atoms with Crippen LogP contribution in [0.4, 0.5) is 0 Å². The number of hydrogen-bond donors (Lipinski definition) is 0. The summed E-state index contributed by atoms with van der Waals surface area (Å²) in [5.74, 6) is 1.31. The first-order valence-corrected chi connectivity index (χ1v) is 12.8. The number of carbonyl (C=O) groups is 1. The molecular weight excluding hydrogens is 492 g/mol. The minimum Gasteiger partial charge on any atom is -0.496 e. The van der Waals surface area contributed by atoms with Gasteiger partial charge in [0.1, 0.15) is 5.75 Å². The number of benzene rings is 2. The van der Waals surface area contributed by atoms with Gasteiger partial charge in [-0.15, -0.1) is 0 Å². The smallest absolute Gasteiger partial charge is 0.338 e. The number of aryl methyl sites for hydroxylation is 1. The third-order valence-corrected chi connectivity index (χ3v) is 7.03. The first kappa shape index (κ1) is 26.2. The Balaban J connectivity index is 1.95. The average Bonchev–Trinajstić information content (AvgIpc) is 3.18. The lowest BCUT2D eigenvalue weighted by atomic mass is 9.95. The Morgan fingerprint density at radius 2 is 1.78 bits per heavy atom. The number of rotatable bonds is 8. The summed E-state index contributed by atoms with van der Waals surface area (Å²) in [5, 5.41) is 0.